The molecule has 1 aliphatic rings. The van der Waals surface area contributed by atoms with Crippen LogP contribution in [-0.2, 0) is 9.53 Å². The maximum absolute atomic E-state index is 12.0. The van der Waals surface area contributed by atoms with Crippen LogP contribution in [0.3, 0.4) is 0 Å². The molecule has 0 bridgehead atoms. The van der Waals surface area contributed by atoms with Crippen LogP contribution in [0.2, 0.25) is 0 Å². The SMILES string of the molecule is CC1=C(c2ccccn2)C(=O)C(C)(C)O1. The average molecular weight is 203 g/mol. The normalized spacial score (nSPS) is 19.3. The van der Waals surface area contributed by atoms with Gasteiger partial charge >= 0.3 is 0 Å². The molecule has 2 heterocycles. The lowest BCUT2D eigenvalue weighted by molar-refractivity contribution is -0.126. The van der Waals surface area contributed by atoms with E-state index in [2.05, 4.69) is 4.98 Å². The molecule has 78 valence electrons. The molecular formula is C12H13NO2. The van der Waals surface area contributed by atoms with Crippen molar-refractivity contribution in [3.8, 4) is 0 Å². The van der Waals surface area contributed by atoms with Crippen LogP contribution >= 0.6 is 0 Å². The first-order chi connectivity index (χ1) is 7.02. The summed E-state index contributed by atoms with van der Waals surface area (Å²) in [6.07, 6.45) is 1.67. The summed E-state index contributed by atoms with van der Waals surface area (Å²) in [5.74, 6) is 0.655. The van der Waals surface area contributed by atoms with Crippen LogP contribution in [0.4, 0.5) is 0 Å². The van der Waals surface area contributed by atoms with E-state index in [0.29, 0.717) is 17.0 Å². The lowest BCUT2D eigenvalue weighted by atomic mass is 9.97. The molecule has 0 aromatic carbocycles. The van der Waals surface area contributed by atoms with Crippen molar-refractivity contribution in [2.75, 3.05) is 0 Å². The maximum atomic E-state index is 12.0. The molecule has 3 nitrogen and oxygen atoms in total. The molecule has 0 N–H and O–H groups in total. The monoisotopic (exact) mass is 203 g/mol. The van der Waals surface area contributed by atoms with Gasteiger partial charge in [0.2, 0.25) is 5.78 Å². The van der Waals surface area contributed by atoms with E-state index in [0.717, 1.165) is 0 Å². The number of allylic oxidation sites excluding steroid dienone is 1. The van der Waals surface area contributed by atoms with Gasteiger partial charge in [-0.3, -0.25) is 9.78 Å². The van der Waals surface area contributed by atoms with Gasteiger partial charge in [-0.05, 0) is 32.9 Å². The zero-order chi connectivity index (χ0) is 11.1. The molecule has 0 fully saturated rings. The number of hydrogen-bond donors (Lipinski definition) is 0. The number of aromatic nitrogens is 1. The van der Waals surface area contributed by atoms with Crippen LogP contribution in [0.25, 0.3) is 5.57 Å². The van der Waals surface area contributed by atoms with Crippen LogP contribution in [0.5, 0.6) is 0 Å². The summed E-state index contributed by atoms with van der Waals surface area (Å²) in [5, 5.41) is 0. The molecule has 2 rings (SSSR count). The Morgan fingerprint density at radius 3 is 2.53 bits per heavy atom. The van der Waals surface area contributed by atoms with Gasteiger partial charge in [-0.1, -0.05) is 6.07 Å². The molecule has 1 aliphatic heterocycles. The minimum atomic E-state index is -0.753. The van der Waals surface area contributed by atoms with Crippen LogP contribution < -0.4 is 0 Å². The standard InChI is InChI=1S/C12H13NO2/c1-8-10(9-6-4-5-7-13-9)11(14)12(2,3)15-8/h4-7H,1-3H3. The van der Waals surface area contributed by atoms with Crippen LogP contribution in [0.1, 0.15) is 26.5 Å². The van der Waals surface area contributed by atoms with Gasteiger partial charge in [0.25, 0.3) is 0 Å². The number of carbonyl (C=O) groups excluding carboxylic acids is 1. The van der Waals surface area contributed by atoms with Gasteiger partial charge in [0.15, 0.2) is 5.60 Å². The highest BCUT2D eigenvalue weighted by molar-refractivity contribution is 6.26. The zero-order valence-corrected chi connectivity index (χ0v) is 9.07. The van der Waals surface area contributed by atoms with Gasteiger partial charge < -0.3 is 4.74 Å². The molecule has 0 amide bonds. The number of pyridine rings is 1. The highest BCUT2D eigenvalue weighted by atomic mass is 16.5. The first kappa shape index (κ1) is 9.90. The second-order valence-electron chi connectivity index (χ2n) is 4.09. The topological polar surface area (TPSA) is 39.2 Å². The second-order valence-corrected chi connectivity index (χ2v) is 4.09. The lowest BCUT2D eigenvalue weighted by Crippen LogP contribution is -2.29. The van der Waals surface area contributed by atoms with E-state index in [1.807, 2.05) is 18.2 Å². The van der Waals surface area contributed by atoms with Crippen molar-refractivity contribution < 1.29 is 9.53 Å². The summed E-state index contributed by atoms with van der Waals surface area (Å²) >= 11 is 0. The summed E-state index contributed by atoms with van der Waals surface area (Å²) in [7, 11) is 0. The third-order valence-corrected chi connectivity index (χ3v) is 2.46. The molecule has 1 aromatic heterocycles. The molecule has 0 spiro atoms. The maximum Gasteiger partial charge on any atom is 0.211 e. The largest absolute Gasteiger partial charge is 0.483 e. The van der Waals surface area contributed by atoms with E-state index in [1.54, 1.807) is 27.0 Å². The first-order valence-corrected chi connectivity index (χ1v) is 4.88. The van der Waals surface area contributed by atoms with Crippen LogP contribution in [0, 0.1) is 0 Å². The van der Waals surface area contributed by atoms with Gasteiger partial charge in [0.1, 0.15) is 5.76 Å². The third-order valence-electron chi connectivity index (χ3n) is 2.46. The Kier molecular flexibility index (Phi) is 2.11. The van der Waals surface area contributed by atoms with E-state index in [9.17, 15) is 4.79 Å². The Hall–Kier alpha value is -1.64. The predicted octanol–water partition coefficient (Wildman–Crippen LogP) is 2.19. The number of Topliss-reactive ketones (excluding diaryl/α,β-unsaturated/α-hetero) is 1. The van der Waals surface area contributed by atoms with Crippen molar-refractivity contribution in [1.82, 2.24) is 4.98 Å². The number of ether oxygens (including phenoxy) is 1. The molecule has 3 heteroatoms. The van der Waals surface area contributed by atoms with Crippen molar-refractivity contribution in [2.24, 2.45) is 0 Å². The van der Waals surface area contributed by atoms with Crippen molar-refractivity contribution >= 4 is 11.4 Å². The second kappa shape index (κ2) is 3.19. The molecular weight excluding hydrogens is 190 g/mol. The minimum absolute atomic E-state index is 0.00120. The van der Waals surface area contributed by atoms with Crippen molar-refractivity contribution in [3.63, 3.8) is 0 Å². The Balaban J connectivity index is 2.48. The lowest BCUT2D eigenvalue weighted by Gasteiger charge is -2.16. The van der Waals surface area contributed by atoms with E-state index < -0.39 is 5.60 Å². The minimum Gasteiger partial charge on any atom is -0.483 e. The van der Waals surface area contributed by atoms with E-state index >= 15 is 0 Å². The Morgan fingerprint density at radius 1 is 1.33 bits per heavy atom. The molecule has 0 unspecified atom stereocenters. The Bertz CT molecular complexity index is 432. The summed E-state index contributed by atoms with van der Waals surface area (Å²) in [4.78, 5) is 16.2. The fraction of sp³-hybridized carbons (Fsp3) is 0.333. The third kappa shape index (κ3) is 1.54. The van der Waals surface area contributed by atoms with Crippen LogP contribution in [0.15, 0.2) is 30.2 Å². The predicted molar refractivity (Wildman–Crippen MR) is 57.0 cm³/mol. The average Bonchev–Trinajstić information content (AvgIpc) is 2.38. The first-order valence-electron chi connectivity index (χ1n) is 4.88. The number of hydrogen-bond acceptors (Lipinski definition) is 3. The molecule has 1 aromatic rings. The van der Waals surface area contributed by atoms with E-state index in [4.69, 9.17) is 4.74 Å². The Morgan fingerprint density at radius 2 is 2.07 bits per heavy atom. The quantitative estimate of drug-likeness (QED) is 0.702. The molecule has 0 radical (unpaired) electrons. The number of nitrogens with zero attached hydrogens (tertiary/aromatic N) is 1. The molecule has 0 saturated heterocycles. The smallest absolute Gasteiger partial charge is 0.211 e. The van der Waals surface area contributed by atoms with E-state index in [-0.39, 0.29) is 5.78 Å². The fourth-order valence-electron chi connectivity index (χ4n) is 1.75. The number of rotatable bonds is 1. The molecule has 0 aliphatic carbocycles. The van der Waals surface area contributed by atoms with Gasteiger partial charge in [-0.15, -0.1) is 0 Å². The van der Waals surface area contributed by atoms with E-state index in [1.165, 1.54) is 0 Å². The van der Waals surface area contributed by atoms with Gasteiger partial charge in [-0.25, -0.2) is 0 Å². The molecule has 15 heavy (non-hydrogen) atoms. The van der Waals surface area contributed by atoms with Gasteiger partial charge in [0.05, 0.1) is 11.3 Å². The number of ketones is 1. The van der Waals surface area contributed by atoms with Crippen molar-refractivity contribution in [1.29, 1.82) is 0 Å². The molecule has 0 atom stereocenters. The zero-order valence-electron chi connectivity index (χ0n) is 9.07. The van der Waals surface area contributed by atoms with Gasteiger partial charge in [-0.2, -0.15) is 0 Å². The fourth-order valence-corrected chi connectivity index (χ4v) is 1.75. The van der Waals surface area contributed by atoms with Crippen molar-refractivity contribution in [3.05, 3.63) is 35.8 Å². The van der Waals surface area contributed by atoms with Crippen molar-refractivity contribution in [2.45, 2.75) is 26.4 Å². The Labute approximate surface area is 88.8 Å². The summed E-state index contributed by atoms with van der Waals surface area (Å²) in [6.45, 7) is 5.35. The van der Waals surface area contributed by atoms with Gasteiger partial charge in [0, 0.05) is 6.20 Å². The van der Waals surface area contributed by atoms with Crippen LogP contribution in [-0.4, -0.2) is 16.4 Å². The summed E-state index contributed by atoms with van der Waals surface area (Å²) in [6, 6.07) is 5.51. The highest BCUT2D eigenvalue weighted by Gasteiger charge is 2.41. The number of carbonyl (C=O) groups is 1. The molecule has 0 saturated carbocycles. The summed E-state index contributed by atoms with van der Waals surface area (Å²) < 4.78 is 5.52. The highest BCUT2D eigenvalue weighted by Crippen LogP contribution is 2.34. The summed E-state index contributed by atoms with van der Waals surface area (Å²) in [5.41, 5.74) is 0.530.